The van der Waals surface area contributed by atoms with E-state index in [0.717, 1.165) is 19.3 Å². The summed E-state index contributed by atoms with van der Waals surface area (Å²) in [7, 11) is 0. The van der Waals surface area contributed by atoms with Gasteiger partial charge in [0.1, 0.15) is 5.76 Å². The number of nitrogens with two attached hydrogens (primary N) is 1. The molecule has 0 aromatic carbocycles. The predicted octanol–water partition coefficient (Wildman–Crippen LogP) is 3.16. The van der Waals surface area contributed by atoms with Gasteiger partial charge in [-0.25, -0.2) is 0 Å². The molecule has 0 amide bonds. The first-order valence-electron chi connectivity index (χ1n) is 8.90. The normalized spacial score (nSPS) is 56.8. The SMILES string of the molecule is C[C@]12C=CC(O)=CC1CC[C@@H]1[C@H]2CC[C@]2(C)C(N)C(O)C[C@@H]12. The summed E-state index contributed by atoms with van der Waals surface area (Å²) >= 11 is 0. The maximum absolute atomic E-state index is 10.3. The highest BCUT2D eigenvalue weighted by atomic mass is 16.3. The van der Waals surface area contributed by atoms with Crippen LogP contribution < -0.4 is 5.73 Å². The maximum Gasteiger partial charge on any atom is 0.111 e. The molecule has 4 N–H and O–H groups in total. The molecule has 0 saturated heterocycles. The van der Waals surface area contributed by atoms with Gasteiger partial charge in [0.15, 0.2) is 0 Å². The number of fused-ring (bicyclic) bond motifs is 5. The first-order valence-corrected chi connectivity index (χ1v) is 8.90. The standard InChI is InChI=1S/C19H29NO2/c1-18-7-5-12(21)9-11(18)3-4-13-14(18)6-8-19(2)15(13)10-16(22)17(19)20/h5,7,9,11,13-17,21-22H,3-4,6,8,10,20H2,1-2H3/t11?,13-,14-,15+,16?,17?,18+,19+/m1/s1. The minimum atomic E-state index is -0.329. The van der Waals surface area contributed by atoms with Crippen molar-refractivity contribution >= 4 is 0 Å². The molecular weight excluding hydrogens is 274 g/mol. The molecule has 0 heterocycles. The molecule has 0 bridgehead atoms. The fourth-order valence-electron chi connectivity index (χ4n) is 6.51. The molecule has 0 spiro atoms. The van der Waals surface area contributed by atoms with Crippen LogP contribution in [0.15, 0.2) is 24.0 Å². The Balaban J connectivity index is 1.68. The van der Waals surface area contributed by atoms with Gasteiger partial charge in [-0.15, -0.1) is 0 Å². The summed E-state index contributed by atoms with van der Waals surface area (Å²) in [5, 5.41) is 20.2. The van der Waals surface area contributed by atoms with E-state index >= 15 is 0 Å². The molecule has 4 aliphatic carbocycles. The number of hydrogen-bond acceptors (Lipinski definition) is 3. The molecule has 0 aliphatic heterocycles. The van der Waals surface area contributed by atoms with Crippen molar-refractivity contribution in [3.63, 3.8) is 0 Å². The second-order valence-corrected chi connectivity index (χ2v) is 8.72. The van der Waals surface area contributed by atoms with Gasteiger partial charge in [-0.3, -0.25) is 0 Å². The molecule has 0 aromatic rings. The van der Waals surface area contributed by atoms with Gasteiger partial charge in [0.25, 0.3) is 0 Å². The number of hydrogen-bond donors (Lipinski definition) is 3. The summed E-state index contributed by atoms with van der Waals surface area (Å²) in [6.07, 6.45) is 11.5. The van der Waals surface area contributed by atoms with Gasteiger partial charge in [0.05, 0.1) is 6.10 Å². The van der Waals surface area contributed by atoms with Crippen LogP contribution in [0.5, 0.6) is 0 Å². The third-order valence-corrected chi connectivity index (χ3v) is 7.94. The smallest absolute Gasteiger partial charge is 0.111 e. The zero-order chi connectivity index (χ0) is 15.7. The van der Waals surface area contributed by atoms with Gasteiger partial charge in [-0.1, -0.05) is 19.9 Å². The van der Waals surface area contributed by atoms with Crippen LogP contribution >= 0.6 is 0 Å². The summed E-state index contributed by atoms with van der Waals surface area (Å²) in [6.45, 7) is 4.69. The van der Waals surface area contributed by atoms with Gasteiger partial charge in [0, 0.05) is 6.04 Å². The Bertz CT molecular complexity index is 542. The van der Waals surface area contributed by atoms with Crippen LogP contribution in [-0.2, 0) is 0 Å². The molecule has 122 valence electrons. The molecule has 0 aromatic heterocycles. The summed E-state index contributed by atoms with van der Waals surface area (Å²) < 4.78 is 0. The number of rotatable bonds is 0. The maximum atomic E-state index is 10.3. The monoisotopic (exact) mass is 303 g/mol. The molecule has 4 aliphatic rings. The van der Waals surface area contributed by atoms with Crippen molar-refractivity contribution in [1.82, 2.24) is 0 Å². The lowest BCUT2D eigenvalue weighted by atomic mass is 9.47. The Kier molecular flexibility index (Phi) is 3.09. The highest BCUT2D eigenvalue weighted by Gasteiger charge is 2.60. The van der Waals surface area contributed by atoms with Crippen molar-refractivity contribution in [2.24, 2.45) is 40.2 Å². The lowest BCUT2D eigenvalue weighted by Gasteiger charge is -2.58. The largest absolute Gasteiger partial charge is 0.508 e. The van der Waals surface area contributed by atoms with Crippen LogP contribution in [0.25, 0.3) is 0 Å². The van der Waals surface area contributed by atoms with Crippen LogP contribution in [-0.4, -0.2) is 22.4 Å². The van der Waals surface area contributed by atoms with E-state index in [4.69, 9.17) is 5.73 Å². The zero-order valence-electron chi connectivity index (χ0n) is 13.7. The van der Waals surface area contributed by atoms with E-state index in [0.29, 0.717) is 29.4 Å². The average molecular weight is 303 g/mol. The predicted molar refractivity (Wildman–Crippen MR) is 87.1 cm³/mol. The Labute approximate surface area is 133 Å². The van der Waals surface area contributed by atoms with Crippen LogP contribution in [0.1, 0.15) is 46.0 Å². The highest BCUT2D eigenvalue weighted by Crippen LogP contribution is 2.64. The van der Waals surface area contributed by atoms with E-state index < -0.39 is 0 Å². The molecular formula is C19H29NO2. The van der Waals surface area contributed by atoms with Crippen LogP contribution in [0.3, 0.4) is 0 Å². The fraction of sp³-hybridized carbons (Fsp3) is 0.789. The summed E-state index contributed by atoms with van der Waals surface area (Å²) in [5.74, 6) is 2.77. The van der Waals surface area contributed by atoms with E-state index in [1.165, 1.54) is 12.8 Å². The fourth-order valence-corrected chi connectivity index (χ4v) is 6.51. The molecule has 3 nitrogen and oxygen atoms in total. The van der Waals surface area contributed by atoms with Crippen LogP contribution in [0.2, 0.25) is 0 Å². The third-order valence-electron chi connectivity index (χ3n) is 7.94. The van der Waals surface area contributed by atoms with Crippen molar-refractivity contribution in [2.75, 3.05) is 0 Å². The second-order valence-electron chi connectivity index (χ2n) is 8.72. The molecule has 22 heavy (non-hydrogen) atoms. The van der Waals surface area contributed by atoms with Gasteiger partial charge in [-0.2, -0.15) is 0 Å². The van der Waals surface area contributed by atoms with E-state index in [1.807, 2.05) is 6.08 Å². The van der Waals surface area contributed by atoms with E-state index in [2.05, 4.69) is 26.0 Å². The molecule has 3 unspecified atom stereocenters. The molecule has 3 fully saturated rings. The lowest BCUT2D eigenvalue weighted by Crippen LogP contribution is -2.53. The van der Waals surface area contributed by atoms with E-state index in [9.17, 15) is 10.2 Å². The minimum absolute atomic E-state index is 0.0604. The molecule has 3 saturated carbocycles. The Morgan fingerprint density at radius 3 is 2.73 bits per heavy atom. The summed E-state index contributed by atoms with van der Waals surface area (Å²) in [5.41, 5.74) is 6.64. The average Bonchev–Trinajstić information content (AvgIpc) is 2.72. The van der Waals surface area contributed by atoms with Gasteiger partial charge in [-0.05, 0) is 78.8 Å². The Morgan fingerprint density at radius 2 is 1.95 bits per heavy atom. The highest BCUT2D eigenvalue weighted by molar-refractivity contribution is 5.27. The van der Waals surface area contributed by atoms with Crippen molar-refractivity contribution in [3.05, 3.63) is 24.0 Å². The van der Waals surface area contributed by atoms with E-state index in [1.54, 1.807) is 0 Å². The van der Waals surface area contributed by atoms with Gasteiger partial charge < -0.3 is 15.9 Å². The topological polar surface area (TPSA) is 66.5 Å². The zero-order valence-corrected chi connectivity index (χ0v) is 13.7. The Hall–Kier alpha value is -0.800. The van der Waals surface area contributed by atoms with Gasteiger partial charge in [0.2, 0.25) is 0 Å². The van der Waals surface area contributed by atoms with E-state index in [-0.39, 0.29) is 23.0 Å². The van der Waals surface area contributed by atoms with Crippen LogP contribution in [0.4, 0.5) is 0 Å². The van der Waals surface area contributed by atoms with Crippen molar-refractivity contribution in [1.29, 1.82) is 0 Å². The molecule has 4 rings (SSSR count). The quantitative estimate of drug-likeness (QED) is 0.644. The van der Waals surface area contributed by atoms with Crippen molar-refractivity contribution in [3.8, 4) is 0 Å². The first-order chi connectivity index (χ1) is 10.4. The molecule has 8 atom stereocenters. The minimum Gasteiger partial charge on any atom is -0.508 e. The number of allylic oxidation sites excluding steroid dienone is 3. The third kappa shape index (κ3) is 1.75. The second kappa shape index (κ2) is 4.61. The van der Waals surface area contributed by atoms with Crippen LogP contribution in [0, 0.1) is 34.5 Å². The lowest BCUT2D eigenvalue weighted by molar-refractivity contribution is -0.0587. The van der Waals surface area contributed by atoms with Crippen molar-refractivity contribution in [2.45, 2.75) is 58.1 Å². The Morgan fingerprint density at radius 1 is 1.18 bits per heavy atom. The molecule has 0 radical (unpaired) electrons. The van der Waals surface area contributed by atoms with Crippen molar-refractivity contribution < 1.29 is 10.2 Å². The van der Waals surface area contributed by atoms with Gasteiger partial charge >= 0.3 is 0 Å². The summed E-state index contributed by atoms with van der Waals surface area (Å²) in [4.78, 5) is 0. The first kappa shape index (κ1) is 14.8. The number of aliphatic hydroxyl groups excluding tert-OH is 2. The molecule has 3 heteroatoms. The summed E-state index contributed by atoms with van der Waals surface area (Å²) in [6, 6.07) is -0.0604. The number of aliphatic hydroxyl groups is 2.